The summed E-state index contributed by atoms with van der Waals surface area (Å²) < 4.78 is 6.78. The highest BCUT2D eigenvalue weighted by molar-refractivity contribution is 5.62. The van der Waals surface area contributed by atoms with Crippen molar-refractivity contribution in [3.05, 3.63) is 48.2 Å². The van der Waals surface area contributed by atoms with Gasteiger partial charge in [-0.05, 0) is 42.3 Å². The van der Waals surface area contributed by atoms with Crippen LogP contribution in [0.1, 0.15) is 5.56 Å². The van der Waals surface area contributed by atoms with Crippen molar-refractivity contribution in [2.45, 2.75) is 13.0 Å². The van der Waals surface area contributed by atoms with Crippen LogP contribution in [0.25, 0.3) is 11.3 Å². The SMILES string of the molecule is COc1cc(-c2cn(CCc3ccc(O)c(O)c3)nn2)ccc1O. The highest BCUT2D eigenvalue weighted by Crippen LogP contribution is 2.30. The van der Waals surface area contributed by atoms with Gasteiger partial charge in [-0.15, -0.1) is 5.10 Å². The van der Waals surface area contributed by atoms with Gasteiger partial charge in [0.05, 0.1) is 13.3 Å². The van der Waals surface area contributed by atoms with Gasteiger partial charge in [0.25, 0.3) is 0 Å². The molecule has 0 saturated heterocycles. The number of benzene rings is 2. The van der Waals surface area contributed by atoms with E-state index in [2.05, 4.69) is 10.3 Å². The molecule has 7 heteroatoms. The zero-order chi connectivity index (χ0) is 17.1. The quantitative estimate of drug-likeness (QED) is 0.622. The van der Waals surface area contributed by atoms with Crippen LogP contribution in [0.15, 0.2) is 42.6 Å². The fraction of sp³-hybridized carbons (Fsp3) is 0.176. The number of aryl methyl sites for hydroxylation is 2. The van der Waals surface area contributed by atoms with Gasteiger partial charge in [0.1, 0.15) is 5.69 Å². The van der Waals surface area contributed by atoms with Crippen LogP contribution in [-0.4, -0.2) is 37.4 Å². The minimum absolute atomic E-state index is 0.0702. The second kappa shape index (κ2) is 6.49. The fourth-order valence-electron chi connectivity index (χ4n) is 2.35. The summed E-state index contributed by atoms with van der Waals surface area (Å²) in [7, 11) is 1.49. The van der Waals surface area contributed by atoms with Crippen molar-refractivity contribution in [3.8, 4) is 34.3 Å². The second-order valence-corrected chi connectivity index (χ2v) is 5.33. The Hall–Kier alpha value is -3.22. The number of hydrogen-bond donors (Lipinski definition) is 3. The Labute approximate surface area is 138 Å². The molecular weight excluding hydrogens is 310 g/mol. The van der Waals surface area contributed by atoms with Crippen molar-refractivity contribution in [1.29, 1.82) is 0 Å². The Morgan fingerprint density at radius 3 is 2.54 bits per heavy atom. The molecule has 0 aliphatic heterocycles. The molecule has 1 heterocycles. The first-order valence-electron chi connectivity index (χ1n) is 7.35. The molecule has 3 rings (SSSR count). The van der Waals surface area contributed by atoms with Crippen molar-refractivity contribution < 1.29 is 20.1 Å². The van der Waals surface area contributed by atoms with E-state index in [1.54, 1.807) is 35.1 Å². The molecule has 0 amide bonds. The van der Waals surface area contributed by atoms with E-state index in [1.807, 2.05) is 0 Å². The van der Waals surface area contributed by atoms with Gasteiger partial charge in [-0.25, -0.2) is 0 Å². The normalized spacial score (nSPS) is 10.7. The minimum Gasteiger partial charge on any atom is -0.504 e. The Morgan fingerprint density at radius 2 is 1.79 bits per heavy atom. The molecule has 24 heavy (non-hydrogen) atoms. The van der Waals surface area contributed by atoms with Crippen molar-refractivity contribution in [1.82, 2.24) is 15.0 Å². The van der Waals surface area contributed by atoms with E-state index in [4.69, 9.17) is 4.74 Å². The number of phenolic OH excluding ortho intramolecular Hbond substituents is 3. The molecule has 0 spiro atoms. The highest BCUT2D eigenvalue weighted by atomic mass is 16.5. The van der Waals surface area contributed by atoms with E-state index < -0.39 is 0 Å². The molecule has 0 fully saturated rings. The summed E-state index contributed by atoms with van der Waals surface area (Å²) in [6.45, 7) is 0.576. The molecule has 0 unspecified atom stereocenters. The van der Waals surface area contributed by atoms with Crippen molar-refractivity contribution >= 4 is 0 Å². The van der Waals surface area contributed by atoms with Gasteiger partial charge in [0, 0.05) is 12.1 Å². The number of methoxy groups -OCH3 is 1. The number of aromatic nitrogens is 3. The molecule has 1 aromatic heterocycles. The van der Waals surface area contributed by atoms with E-state index in [0.717, 1.165) is 11.1 Å². The second-order valence-electron chi connectivity index (χ2n) is 5.33. The lowest BCUT2D eigenvalue weighted by Crippen LogP contribution is -2.01. The van der Waals surface area contributed by atoms with E-state index >= 15 is 0 Å². The lowest BCUT2D eigenvalue weighted by atomic mass is 10.1. The van der Waals surface area contributed by atoms with E-state index in [9.17, 15) is 15.3 Å². The summed E-state index contributed by atoms with van der Waals surface area (Å²) in [4.78, 5) is 0. The van der Waals surface area contributed by atoms with Crippen molar-refractivity contribution in [2.24, 2.45) is 0 Å². The fourth-order valence-corrected chi connectivity index (χ4v) is 2.35. The highest BCUT2D eigenvalue weighted by Gasteiger charge is 2.09. The molecule has 3 N–H and O–H groups in total. The molecule has 7 nitrogen and oxygen atoms in total. The number of nitrogens with zero attached hydrogens (tertiary/aromatic N) is 3. The molecule has 0 aliphatic carbocycles. The first-order valence-corrected chi connectivity index (χ1v) is 7.35. The van der Waals surface area contributed by atoms with Gasteiger partial charge in [-0.1, -0.05) is 11.3 Å². The molecule has 0 atom stereocenters. The molecule has 0 bridgehead atoms. The Bertz CT molecular complexity index is 861. The summed E-state index contributed by atoms with van der Waals surface area (Å²) in [6.07, 6.45) is 2.43. The maximum Gasteiger partial charge on any atom is 0.161 e. The van der Waals surface area contributed by atoms with Crippen LogP contribution < -0.4 is 4.74 Å². The Morgan fingerprint density at radius 1 is 1.00 bits per heavy atom. The van der Waals surface area contributed by atoms with Crippen LogP contribution in [0.4, 0.5) is 0 Å². The van der Waals surface area contributed by atoms with Crippen LogP contribution in [0.2, 0.25) is 0 Å². The average Bonchev–Trinajstić information content (AvgIpc) is 3.05. The summed E-state index contributed by atoms with van der Waals surface area (Å²) in [6, 6.07) is 9.72. The standard InChI is InChI=1S/C17H17N3O4/c1-24-17-9-12(3-5-15(17)22)13-10-20(19-18-13)7-6-11-2-4-14(21)16(23)8-11/h2-5,8-10,21-23H,6-7H2,1H3. The van der Waals surface area contributed by atoms with Gasteiger partial charge in [-0.3, -0.25) is 4.68 Å². The smallest absolute Gasteiger partial charge is 0.161 e. The van der Waals surface area contributed by atoms with Gasteiger partial charge in [0.2, 0.25) is 0 Å². The maximum atomic E-state index is 9.63. The molecule has 3 aromatic rings. The maximum absolute atomic E-state index is 9.63. The molecule has 2 aromatic carbocycles. The number of ether oxygens (including phenoxy) is 1. The Kier molecular flexibility index (Phi) is 4.24. The lowest BCUT2D eigenvalue weighted by molar-refractivity contribution is 0.373. The number of rotatable bonds is 5. The van der Waals surface area contributed by atoms with Gasteiger partial charge < -0.3 is 20.1 Å². The molecule has 0 radical (unpaired) electrons. The molecule has 0 aliphatic rings. The predicted molar refractivity (Wildman–Crippen MR) is 87.2 cm³/mol. The van der Waals surface area contributed by atoms with Crippen LogP contribution in [0.5, 0.6) is 23.0 Å². The van der Waals surface area contributed by atoms with E-state index in [0.29, 0.717) is 24.4 Å². The van der Waals surface area contributed by atoms with E-state index in [1.165, 1.54) is 19.2 Å². The Balaban J connectivity index is 1.72. The number of hydrogen-bond acceptors (Lipinski definition) is 6. The summed E-state index contributed by atoms with van der Waals surface area (Å²) >= 11 is 0. The van der Waals surface area contributed by atoms with Crippen LogP contribution >= 0.6 is 0 Å². The first-order chi connectivity index (χ1) is 11.6. The van der Waals surface area contributed by atoms with Crippen molar-refractivity contribution in [3.63, 3.8) is 0 Å². The zero-order valence-electron chi connectivity index (χ0n) is 13.0. The third kappa shape index (κ3) is 3.24. The minimum atomic E-state index is -0.136. The topological polar surface area (TPSA) is 101 Å². The largest absolute Gasteiger partial charge is 0.504 e. The molecule has 124 valence electrons. The predicted octanol–water partition coefficient (Wildman–Crippen LogP) is 2.31. The molecule has 0 saturated carbocycles. The monoisotopic (exact) mass is 327 g/mol. The first kappa shape index (κ1) is 15.7. The van der Waals surface area contributed by atoms with Crippen molar-refractivity contribution in [2.75, 3.05) is 7.11 Å². The summed E-state index contributed by atoms with van der Waals surface area (Å²) in [5.41, 5.74) is 2.34. The van der Waals surface area contributed by atoms with Crippen LogP contribution in [0, 0.1) is 0 Å². The summed E-state index contributed by atoms with van der Waals surface area (Å²) in [5.74, 6) is 0.174. The third-order valence-electron chi connectivity index (χ3n) is 3.68. The number of aromatic hydroxyl groups is 3. The zero-order valence-corrected chi connectivity index (χ0v) is 13.0. The average molecular weight is 327 g/mol. The van der Waals surface area contributed by atoms with Gasteiger partial charge in [0.15, 0.2) is 23.0 Å². The lowest BCUT2D eigenvalue weighted by Gasteiger charge is -2.04. The van der Waals surface area contributed by atoms with Gasteiger partial charge in [-0.2, -0.15) is 0 Å². The number of phenols is 3. The van der Waals surface area contributed by atoms with Crippen LogP contribution in [0.3, 0.4) is 0 Å². The molecular formula is C17H17N3O4. The summed E-state index contributed by atoms with van der Waals surface area (Å²) in [5, 5.41) is 36.7. The van der Waals surface area contributed by atoms with Crippen LogP contribution in [-0.2, 0) is 13.0 Å². The third-order valence-corrected chi connectivity index (χ3v) is 3.68. The van der Waals surface area contributed by atoms with E-state index in [-0.39, 0.29) is 17.2 Å². The van der Waals surface area contributed by atoms with Gasteiger partial charge >= 0.3 is 0 Å².